The van der Waals surface area contributed by atoms with Crippen LogP contribution in [0.3, 0.4) is 0 Å². The maximum absolute atomic E-state index is 11.8. The molecular weight excluding hydrogens is 300 g/mol. The molecule has 0 aromatic heterocycles. The molecule has 0 radical (unpaired) electrons. The van der Waals surface area contributed by atoms with Crippen molar-refractivity contribution >= 4 is 11.8 Å². The summed E-state index contributed by atoms with van der Waals surface area (Å²) in [4.78, 5) is 23.6. The average Bonchev–Trinajstić information content (AvgIpc) is 2.55. The van der Waals surface area contributed by atoms with Crippen molar-refractivity contribution in [2.75, 3.05) is 0 Å². The van der Waals surface area contributed by atoms with E-state index in [9.17, 15) is 9.59 Å². The van der Waals surface area contributed by atoms with Gasteiger partial charge in [0.1, 0.15) is 0 Å². The van der Waals surface area contributed by atoms with Crippen molar-refractivity contribution in [1.82, 2.24) is 10.6 Å². The highest BCUT2D eigenvalue weighted by Crippen LogP contribution is 2.31. The fourth-order valence-electron chi connectivity index (χ4n) is 3.33. The molecule has 24 heavy (non-hydrogen) atoms. The van der Waals surface area contributed by atoms with E-state index in [1.165, 1.54) is 25.0 Å². The molecule has 4 nitrogen and oxygen atoms in total. The number of rotatable bonds is 2. The molecule has 2 N–H and O–H groups in total. The van der Waals surface area contributed by atoms with E-state index in [4.69, 9.17) is 0 Å². The Labute approximate surface area is 142 Å². The first-order chi connectivity index (χ1) is 11.5. The van der Waals surface area contributed by atoms with E-state index in [2.05, 4.69) is 34.9 Å². The van der Waals surface area contributed by atoms with E-state index in [1.54, 1.807) is 0 Å². The smallest absolute Gasteiger partial charge is 0.217 e. The topological polar surface area (TPSA) is 58.2 Å². The second-order valence-electron chi connectivity index (χ2n) is 6.35. The maximum atomic E-state index is 11.8. The van der Waals surface area contributed by atoms with Gasteiger partial charge in [0, 0.05) is 13.8 Å². The highest BCUT2D eigenvalue weighted by molar-refractivity contribution is 5.75. The van der Waals surface area contributed by atoms with Crippen LogP contribution in [0.4, 0.5) is 0 Å². The summed E-state index contributed by atoms with van der Waals surface area (Å²) in [6, 6.07) is 15.9. The number of carbonyl (C=O) groups is 2. The molecule has 2 aromatic carbocycles. The van der Waals surface area contributed by atoms with Crippen LogP contribution in [0.1, 0.15) is 48.2 Å². The van der Waals surface area contributed by atoms with Gasteiger partial charge in [-0.2, -0.15) is 0 Å². The lowest BCUT2D eigenvalue weighted by atomic mass is 9.88. The molecule has 2 aromatic rings. The van der Waals surface area contributed by atoms with Gasteiger partial charge in [0.05, 0.1) is 12.1 Å². The molecule has 0 saturated carbocycles. The number of aryl methyl sites for hydroxylation is 2. The summed E-state index contributed by atoms with van der Waals surface area (Å²) in [7, 11) is 0. The molecule has 0 saturated heterocycles. The number of nitrogens with one attached hydrogen (secondary N) is 2. The molecule has 0 spiro atoms. The normalized spacial score (nSPS) is 19.2. The largest absolute Gasteiger partial charge is 0.347 e. The van der Waals surface area contributed by atoms with E-state index >= 15 is 0 Å². The third-order valence-corrected chi connectivity index (χ3v) is 4.37. The minimum atomic E-state index is -0.306. The first-order valence-corrected chi connectivity index (χ1v) is 8.25. The fraction of sp³-hybridized carbons (Fsp3) is 0.300. The Kier molecular flexibility index (Phi) is 4.65. The summed E-state index contributed by atoms with van der Waals surface area (Å²) in [6.07, 6.45) is 1.91. The van der Waals surface area contributed by atoms with Crippen molar-refractivity contribution in [2.24, 2.45) is 0 Å². The van der Waals surface area contributed by atoms with E-state index in [0.29, 0.717) is 0 Å². The summed E-state index contributed by atoms with van der Waals surface area (Å²) in [6.45, 7) is 3.01. The monoisotopic (exact) mass is 322 g/mol. The van der Waals surface area contributed by atoms with Gasteiger partial charge >= 0.3 is 0 Å². The van der Waals surface area contributed by atoms with E-state index < -0.39 is 0 Å². The van der Waals surface area contributed by atoms with Crippen molar-refractivity contribution in [3.63, 3.8) is 0 Å². The molecule has 1 aliphatic carbocycles. The van der Waals surface area contributed by atoms with Crippen LogP contribution in [0.25, 0.3) is 0 Å². The lowest BCUT2D eigenvalue weighted by Crippen LogP contribution is -2.39. The Bertz CT molecular complexity index is 704. The summed E-state index contributed by atoms with van der Waals surface area (Å²) in [5.74, 6) is -0.233. The standard InChI is InChI=1S/C20H22N2O2/c1-13(23)21-19-17-7-3-5-15(11-17)9-10-16-6-4-8-18(12-16)20(19)22-14(2)24/h3-8,11-12,19-20H,9-10H2,1-2H3,(H,21,23)(H,22,24)/t19-,20+. The lowest BCUT2D eigenvalue weighted by Gasteiger charge is -2.30. The molecule has 0 heterocycles. The van der Waals surface area contributed by atoms with Gasteiger partial charge in [-0.1, -0.05) is 48.5 Å². The Hall–Kier alpha value is -2.62. The molecule has 2 atom stereocenters. The van der Waals surface area contributed by atoms with Crippen molar-refractivity contribution in [1.29, 1.82) is 0 Å². The molecule has 4 bridgehead atoms. The first-order valence-electron chi connectivity index (χ1n) is 8.25. The minimum absolute atomic E-state index is 0.117. The zero-order chi connectivity index (χ0) is 17.1. The average molecular weight is 322 g/mol. The van der Waals surface area contributed by atoms with Crippen molar-refractivity contribution in [3.8, 4) is 0 Å². The lowest BCUT2D eigenvalue weighted by molar-refractivity contribution is -0.122. The van der Waals surface area contributed by atoms with Crippen LogP contribution in [0.15, 0.2) is 48.5 Å². The highest BCUT2D eigenvalue weighted by atomic mass is 16.2. The number of hydrogen-bond donors (Lipinski definition) is 2. The molecule has 0 unspecified atom stereocenters. The molecular formula is C20H22N2O2. The second kappa shape index (κ2) is 6.87. The van der Waals surface area contributed by atoms with E-state index in [-0.39, 0.29) is 23.9 Å². The predicted octanol–water partition coefficient (Wildman–Crippen LogP) is 2.84. The van der Waals surface area contributed by atoms with Crippen LogP contribution in [0, 0.1) is 0 Å². The summed E-state index contributed by atoms with van der Waals surface area (Å²) in [5.41, 5.74) is 4.48. The van der Waals surface area contributed by atoms with Crippen molar-refractivity contribution in [2.45, 2.75) is 38.8 Å². The maximum Gasteiger partial charge on any atom is 0.217 e. The summed E-state index contributed by atoms with van der Waals surface area (Å²) < 4.78 is 0. The predicted molar refractivity (Wildman–Crippen MR) is 93.4 cm³/mol. The Morgan fingerprint density at radius 3 is 1.58 bits per heavy atom. The SMILES string of the molecule is CC(=O)N[C@@H]1c2cccc(c2)CCc2cccc(c2)[C@@H]1NC(C)=O. The number of amides is 2. The van der Waals surface area contributed by atoms with Crippen molar-refractivity contribution < 1.29 is 9.59 Å². The Balaban J connectivity index is 2.14. The minimum Gasteiger partial charge on any atom is -0.347 e. The van der Waals surface area contributed by atoms with Crippen LogP contribution in [0.5, 0.6) is 0 Å². The van der Waals surface area contributed by atoms with Crippen LogP contribution in [-0.2, 0) is 22.4 Å². The van der Waals surface area contributed by atoms with Gasteiger partial charge in [-0.15, -0.1) is 0 Å². The van der Waals surface area contributed by atoms with Crippen LogP contribution >= 0.6 is 0 Å². The zero-order valence-electron chi connectivity index (χ0n) is 14.0. The fourth-order valence-corrected chi connectivity index (χ4v) is 3.33. The van der Waals surface area contributed by atoms with Gasteiger partial charge in [-0.05, 0) is 35.1 Å². The number of benzene rings is 2. The molecule has 0 fully saturated rings. The van der Waals surface area contributed by atoms with Gasteiger partial charge in [0.2, 0.25) is 11.8 Å². The van der Waals surface area contributed by atoms with Gasteiger partial charge in [0.25, 0.3) is 0 Å². The van der Waals surface area contributed by atoms with Gasteiger partial charge in [-0.3, -0.25) is 9.59 Å². The third-order valence-electron chi connectivity index (χ3n) is 4.37. The van der Waals surface area contributed by atoms with Crippen LogP contribution in [0.2, 0.25) is 0 Å². The molecule has 3 rings (SSSR count). The molecule has 4 heteroatoms. The Morgan fingerprint density at radius 2 is 1.21 bits per heavy atom. The second-order valence-corrected chi connectivity index (χ2v) is 6.35. The molecule has 2 amide bonds. The van der Waals surface area contributed by atoms with Gasteiger partial charge < -0.3 is 10.6 Å². The summed E-state index contributed by atoms with van der Waals surface area (Å²) in [5, 5.41) is 6.03. The van der Waals surface area contributed by atoms with Gasteiger partial charge in [0.15, 0.2) is 0 Å². The number of hydrogen-bond acceptors (Lipinski definition) is 2. The number of carbonyl (C=O) groups excluding carboxylic acids is 2. The Morgan fingerprint density at radius 1 is 0.792 bits per heavy atom. The third kappa shape index (κ3) is 3.65. The highest BCUT2D eigenvalue weighted by Gasteiger charge is 2.27. The van der Waals surface area contributed by atoms with Crippen LogP contribution < -0.4 is 10.6 Å². The van der Waals surface area contributed by atoms with E-state index in [0.717, 1.165) is 24.0 Å². The number of fused-ring (bicyclic) bond motifs is 4. The van der Waals surface area contributed by atoms with Crippen molar-refractivity contribution in [3.05, 3.63) is 70.8 Å². The zero-order valence-corrected chi connectivity index (χ0v) is 14.0. The van der Waals surface area contributed by atoms with Crippen LogP contribution in [-0.4, -0.2) is 11.8 Å². The molecule has 1 aliphatic rings. The summed E-state index contributed by atoms with van der Waals surface area (Å²) >= 11 is 0. The molecule has 0 aliphatic heterocycles. The first kappa shape index (κ1) is 16.2. The van der Waals surface area contributed by atoms with E-state index in [1.807, 2.05) is 24.3 Å². The quantitative estimate of drug-likeness (QED) is 0.893. The molecule has 124 valence electrons. The van der Waals surface area contributed by atoms with Gasteiger partial charge in [-0.25, -0.2) is 0 Å².